The predicted molar refractivity (Wildman–Crippen MR) is 83.4 cm³/mol. The van der Waals surface area contributed by atoms with Crippen molar-refractivity contribution in [1.82, 2.24) is 0 Å². The van der Waals surface area contributed by atoms with Gasteiger partial charge in [0.15, 0.2) is 11.5 Å². The van der Waals surface area contributed by atoms with Gasteiger partial charge in [-0.05, 0) is 30.2 Å². The summed E-state index contributed by atoms with van der Waals surface area (Å²) in [6.07, 6.45) is 0. The minimum Gasteiger partial charge on any atom is -0.493 e. The van der Waals surface area contributed by atoms with Gasteiger partial charge in [-0.15, -0.1) is 11.6 Å². The summed E-state index contributed by atoms with van der Waals surface area (Å²) in [5.74, 6) is 0.320. The van der Waals surface area contributed by atoms with Gasteiger partial charge in [-0.25, -0.2) is 4.39 Å². The normalized spacial score (nSPS) is 12.1. The summed E-state index contributed by atoms with van der Waals surface area (Å²) >= 11 is 12.4. The number of methoxy groups -OCH3 is 2. The molecule has 2 aromatic rings. The minimum absolute atomic E-state index is 0.329. The van der Waals surface area contributed by atoms with Gasteiger partial charge in [-0.3, -0.25) is 0 Å². The van der Waals surface area contributed by atoms with Crippen LogP contribution in [0, 0.1) is 12.7 Å². The molecule has 0 bridgehead atoms. The monoisotopic (exact) mass is 328 g/mol. The molecule has 0 spiro atoms. The number of benzene rings is 2. The number of halogens is 3. The molecule has 1 atom stereocenters. The van der Waals surface area contributed by atoms with Gasteiger partial charge >= 0.3 is 0 Å². The van der Waals surface area contributed by atoms with E-state index in [1.807, 2.05) is 13.0 Å². The molecule has 0 heterocycles. The maximum atomic E-state index is 14.2. The fourth-order valence-electron chi connectivity index (χ4n) is 2.07. The molecule has 2 rings (SSSR count). The number of rotatable bonds is 4. The van der Waals surface area contributed by atoms with Gasteiger partial charge in [0.25, 0.3) is 0 Å². The van der Waals surface area contributed by atoms with Gasteiger partial charge in [-0.1, -0.05) is 23.7 Å². The van der Waals surface area contributed by atoms with Gasteiger partial charge in [0.2, 0.25) is 0 Å². The average molecular weight is 329 g/mol. The number of alkyl halides is 1. The molecule has 0 saturated carbocycles. The molecule has 0 fully saturated rings. The quantitative estimate of drug-likeness (QED) is 0.724. The average Bonchev–Trinajstić information content (AvgIpc) is 2.49. The van der Waals surface area contributed by atoms with Crippen LogP contribution in [0.15, 0.2) is 30.3 Å². The highest BCUT2D eigenvalue weighted by Crippen LogP contribution is 2.38. The Balaban J connectivity index is 2.47. The number of aryl methyl sites for hydroxylation is 1. The molecule has 0 aliphatic heterocycles. The third-order valence-corrected chi connectivity index (χ3v) is 4.16. The Bertz CT molecular complexity index is 659. The van der Waals surface area contributed by atoms with Gasteiger partial charge < -0.3 is 9.47 Å². The van der Waals surface area contributed by atoms with E-state index in [1.165, 1.54) is 20.3 Å². The van der Waals surface area contributed by atoms with E-state index in [-0.39, 0.29) is 0 Å². The predicted octanol–water partition coefficient (Wildman–Crippen LogP) is 5.13. The third kappa shape index (κ3) is 3.25. The lowest BCUT2D eigenvalue weighted by Crippen LogP contribution is -2.00. The first-order valence-electron chi connectivity index (χ1n) is 6.29. The van der Waals surface area contributed by atoms with Crippen molar-refractivity contribution < 1.29 is 13.9 Å². The van der Waals surface area contributed by atoms with Crippen molar-refractivity contribution >= 4 is 23.2 Å². The topological polar surface area (TPSA) is 18.5 Å². The van der Waals surface area contributed by atoms with Crippen molar-refractivity contribution in [2.75, 3.05) is 14.2 Å². The Labute approximate surface area is 133 Å². The van der Waals surface area contributed by atoms with E-state index in [2.05, 4.69) is 0 Å². The van der Waals surface area contributed by atoms with E-state index in [1.54, 1.807) is 18.2 Å². The van der Waals surface area contributed by atoms with Crippen LogP contribution in [-0.2, 0) is 0 Å². The molecule has 0 aliphatic carbocycles. The summed E-state index contributed by atoms with van der Waals surface area (Å²) in [5, 5.41) is 0.0103. The van der Waals surface area contributed by atoms with Gasteiger partial charge in [0.1, 0.15) is 5.82 Å². The van der Waals surface area contributed by atoms with Crippen LogP contribution in [-0.4, -0.2) is 14.2 Å². The molecule has 21 heavy (non-hydrogen) atoms. The number of hydrogen-bond donors (Lipinski definition) is 0. The van der Waals surface area contributed by atoms with E-state index in [4.69, 9.17) is 32.7 Å². The van der Waals surface area contributed by atoms with Gasteiger partial charge in [-0.2, -0.15) is 0 Å². The maximum absolute atomic E-state index is 14.2. The molecule has 1 unspecified atom stereocenters. The molecule has 5 heteroatoms. The van der Waals surface area contributed by atoms with E-state index >= 15 is 0 Å². The van der Waals surface area contributed by atoms with Crippen LogP contribution in [0.3, 0.4) is 0 Å². The van der Waals surface area contributed by atoms with Crippen LogP contribution in [0.1, 0.15) is 22.1 Å². The second-order valence-corrected chi connectivity index (χ2v) is 5.44. The summed E-state index contributed by atoms with van der Waals surface area (Å²) in [4.78, 5) is 0. The summed E-state index contributed by atoms with van der Waals surface area (Å²) in [6.45, 7) is 1.88. The highest BCUT2D eigenvalue weighted by molar-refractivity contribution is 6.31. The van der Waals surface area contributed by atoms with Gasteiger partial charge in [0, 0.05) is 16.7 Å². The molecular weight excluding hydrogens is 314 g/mol. The Morgan fingerprint density at radius 3 is 2.24 bits per heavy atom. The van der Waals surface area contributed by atoms with Crippen LogP contribution in [0.2, 0.25) is 5.02 Å². The van der Waals surface area contributed by atoms with Crippen LogP contribution in [0.25, 0.3) is 0 Å². The van der Waals surface area contributed by atoms with Crippen LogP contribution >= 0.6 is 23.2 Å². The van der Waals surface area contributed by atoms with E-state index in [0.717, 1.165) is 11.1 Å². The zero-order valence-corrected chi connectivity index (χ0v) is 13.4. The highest BCUT2D eigenvalue weighted by Gasteiger charge is 2.19. The number of ether oxygens (including phenoxy) is 2. The van der Waals surface area contributed by atoms with E-state index < -0.39 is 11.2 Å². The van der Waals surface area contributed by atoms with Crippen molar-refractivity contribution in [3.05, 3.63) is 57.9 Å². The van der Waals surface area contributed by atoms with Crippen molar-refractivity contribution in [2.24, 2.45) is 0 Å². The maximum Gasteiger partial charge on any atom is 0.163 e. The fraction of sp³-hybridized carbons (Fsp3) is 0.250. The smallest absolute Gasteiger partial charge is 0.163 e. The van der Waals surface area contributed by atoms with Crippen molar-refractivity contribution in [3.8, 4) is 11.5 Å². The molecule has 0 radical (unpaired) electrons. The third-order valence-electron chi connectivity index (χ3n) is 3.25. The van der Waals surface area contributed by atoms with Crippen molar-refractivity contribution in [3.63, 3.8) is 0 Å². The zero-order chi connectivity index (χ0) is 15.6. The first-order valence-corrected chi connectivity index (χ1v) is 7.11. The lowest BCUT2D eigenvalue weighted by molar-refractivity contribution is 0.351. The lowest BCUT2D eigenvalue weighted by atomic mass is 10.0. The second-order valence-electron chi connectivity index (χ2n) is 4.60. The van der Waals surface area contributed by atoms with Crippen molar-refractivity contribution in [1.29, 1.82) is 0 Å². The molecule has 2 nitrogen and oxygen atoms in total. The Morgan fingerprint density at radius 2 is 1.67 bits per heavy atom. The minimum atomic E-state index is -0.638. The first-order chi connectivity index (χ1) is 9.97. The summed E-state index contributed by atoms with van der Waals surface area (Å²) in [6, 6.07) is 8.20. The van der Waals surface area contributed by atoms with Crippen LogP contribution in [0.5, 0.6) is 11.5 Å². The largest absolute Gasteiger partial charge is 0.493 e. The van der Waals surface area contributed by atoms with Crippen LogP contribution < -0.4 is 9.47 Å². The molecule has 0 amide bonds. The van der Waals surface area contributed by atoms with E-state index in [0.29, 0.717) is 22.1 Å². The Morgan fingerprint density at radius 1 is 1.05 bits per heavy atom. The molecule has 2 aromatic carbocycles. The second kappa shape index (κ2) is 6.54. The molecular formula is C16H15Cl2FO2. The summed E-state index contributed by atoms with van der Waals surface area (Å²) in [5.41, 5.74) is 1.99. The molecule has 0 N–H and O–H groups in total. The van der Waals surface area contributed by atoms with Gasteiger partial charge in [0.05, 0.1) is 19.6 Å². The molecule has 0 saturated heterocycles. The highest BCUT2D eigenvalue weighted by atomic mass is 35.5. The first kappa shape index (κ1) is 15.9. The lowest BCUT2D eigenvalue weighted by Gasteiger charge is -2.15. The van der Waals surface area contributed by atoms with Crippen molar-refractivity contribution in [2.45, 2.75) is 12.3 Å². The summed E-state index contributed by atoms with van der Waals surface area (Å²) < 4.78 is 24.5. The Hall–Kier alpha value is -1.45. The van der Waals surface area contributed by atoms with Crippen LogP contribution in [0.4, 0.5) is 4.39 Å². The zero-order valence-electron chi connectivity index (χ0n) is 11.9. The number of hydrogen-bond acceptors (Lipinski definition) is 2. The summed E-state index contributed by atoms with van der Waals surface area (Å²) in [7, 11) is 2.95. The molecule has 112 valence electrons. The standard InChI is InChI=1S/C16H15Cl2FO2/c1-9-6-10(4-5-12(9)17)16(18)11-7-14(20-2)15(21-3)8-13(11)19/h4-8,16H,1-3H3. The fourth-order valence-corrected chi connectivity index (χ4v) is 2.49. The van der Waals surface area contributed by atoms with E-state index in [9.17, 15) is 4.39 Å². The molecule has 0 aliphatic rings. The SMILES string of the molecule is COc1cc(F)c(C(Cl)c2ccc(Cl)c(C)c2)cc1OC. The Kier molecular flexibility index (Phi) is 4.96. The molecule has 0 aromatic heterocycles.